The lowest BCUT2D eigenvalue weighted by atomic mass is 9.51. The van der Waals surface area contributed by atoms with Crippen LogP contribution in [0.2, 0.25) is 0 Å². The summed E-state index contributed by atoms with van der Waals surface area (Å²) in [5.41, 5.74) is 1.95. The van der Waals surface area contributed by atoms with E-state index >= 15 is 0 Å². The minimum absolute atomic E-state index is 0.0403. The second-order valence-electron chi connectivity index (χ2n) is 9.12. The molecule has 29 heavy (non-hydrogen) atoms. The van der Waals surface area contributed by atoms with Gasteiger partial charge in [0.05, 0.1) is 19.0 Å². The van der Waals surface area contributed by atoms with Crippen molar-refractivity contribution < 1.29 is 19.0 Å². The van der Waals surface area contributed by atoms with Gasteiger partial charge in [0.2, 0.25) is 5.91 Å². The largest absolute Gasteiger partial charge is 0.489 e. The quantitative estimate of drug-likeness (QED) is 0.731. The van der Waals surface area contributed by atoms with Crippen molar-refractivity contribution in [2.75, 3.05) is 19.8 Å². The first kappa shape index (κ1) is 20.4. The van der Waals surface area contributed by atoms with E-state index in [0.717, 1.165) is 57.2 Å². The lowest BCUT2D eigenvalue weighted by Gasteiger charge is -2.55. The van der Waals surface area contributed by atoms with E-state index in [2.05, 4.69) is 12.1 Å². The Morgan fingerprint density at radius 1 is 1.21 bits per heavy atom. The molecule has 3 saturated carbocycles. The number of likely N-dealkylation sites (tertiary alicyclic amines) is 1. The van der Waals surface area contributed by atoms with E-state index in [-0.39, 0.29) is 36.0 Å². The van der Waals surface area contributed by atoms with Crippen LogP contribution in [0.5, 0.6) is 5.75 Å². The summed E-state index contributed by atoms with van der Waals surface area (Å²) >= 11 is 0. The summed E-state index contributed by atoms with van der Waals surface area (Å²) in [4.78, 5) is 15.1. The summed E-state index contributed by atoms with van der Waals surface area (Å²) in [5.74, 6) is 1.05. The van der Waals surface area contributed by atoms with E-state index in [1.807, 2.05) is 24.0 Å². The SMILES string of the molecule is CC/C(=C\F)COc1ccc(C23CCC(C(=O)N4CC[C@@H]4CO)(CC2)CC3)cc1. The Hall–Kier alpha value is -1.88. The van der Waals surface area contributed by atoms with Gasteiger partial charge < -0.3 is 14.7 Å². The molecule has 158 valence electrons. The molecule has 2 bridgehead atoms. The highest BCUT2D eigenvalue weighted by atomic mass is 19.1. The number of benzene rings is 1. The fourth-order valence-corrected chi connectivity index (χ4v) is 5.43. The van der Waals surface area contributed by atoms with Crippen molar-refractivity contribution in [1.29, 1.82) is 0 Å². The zero-order chi connectivity index (χ0) is 20.5. The van der Waals surface area contributed by atoms with Gasteiger partial charge in [-0.15, -0.1) is 0 Å². The van der Waals surface area contributed by atoms with Crippen LogP contribution in [0.25, 0.3) is 0 Å². The Kier molecular flexibility index (Phi) is 5.69. The van der Waals surface area contributed by atoms with E-state index in [4.69, 9.17) is 4.74 Å². The van der Waals surface area contributed by atoms with Gasteiger partial charge in [-0.25, -0.2) is 4.39 Å². The Bertz CT molecular complexity index is 746. The summed E-state index contributed by atoms with van der Waals surface area (Å²) in [6.45, 7) is 3.09. The number of halogens is 1. The highest BCUT2D eigenvalue weighted by molar-refractivity contribution is 5.84. The summed E-state index contributed by atoms with van der Waals surface area (Å²) in [6, 6.07) is 8.32. The minimum atomic E-state index is -0.201. The number of rotatable bonds is 7. The highest BCUT2D eigenvalue weighted by Crippen LogP contribution is 2.58. The van der Waals surface area contributed by atoms with Crippen molar-refractivity contribution in [3.8, 4) is 5.75 Å². The van der Waals surface area contributed by atoms with Crippen LogP contribution >= 0.6 is 0 Å². The third-order valence-corrected chi connectivity index (χ3v) is 7.81. The minimum Gasteiger partial charge on any atom is -0.489 e. The zero-order valence-corrected chi connectivity index (χ0v) is 17.3. The van der Waals surface area contributed by atoms with Crippen LogP contribution in [0.15, 0.2) is 36.2 Å². The van der Waals surface area contributed by atoms with Crippen molar-refractivity contribution in [3.05, 3.63) is 41.7 Å². The van der Waals surface area contributed by atoms with Gasteiger partial charge >= 0.3 is 0 Å². The van der Waals surface area contributed by atoms with Gasteiger partial charge in [0, 0.05) is 12.0 Å². The second-order valence-corrected chi connectivity index (χ2v) is 9.12. The average molecular weight is 402 g/mol. The highest BCUT2D eigenvalue weighted by Gasteiger charge is 2.55. The molecule has 1 aromatic rings. The lowest BCUT2D eigenvalue weighted by Crippen LogP contribution is -2.60. The van der Waals surface area contributed by atoms with Gasteiger partial charge in [0.1, 0.15) is 12.4 Å². The number of nitrogens with zero attached hydrogens (tertiary/aromatic N) is 1. The molecule has 1 aromatic carbocycles. The molecule has 1 N–H and O–H groups in total. The number of carbonyl (C=O) groups excluding carboxylic acids is 1. The smallest absolute Gasteiger partial charge is 0.229 e. The second kappa shape index (κ2) is 8.10. The first-order valence-corrected chi connectivity index (χ1v) is 11.0. The van der Waals surface area contributed by atoms with Crippen LogP contribution in [0.1, 0.15) is 63.9 Å². The van der Waals surface area contributed by atoms with E-state index < -0.39 is 0 Å². The third kappa shape index (κ3) is 3.58. The molecular formula is C24H32FNO3. The monoisotopic (exact) mass is 401 g/mol. The van der Waals surface area contributed by atoms with Crippen LogP contribution in [-0.4, -0.2) is 41.7 Å². The maximum absolute atomic E-state index is 13.2. The topological polar surface area (TPSA) is 49.8 Å². The summed E-state index contributed by atoms with van der Waals surface area (Å²) in [5, 5.41) is 9.45. The molecule has 0 unspecified atom stereocenters. The van der Waals surface area contributed by atoms with Gasteiger partial charge in [-0.3, -0.25) is 4.79 Å². The predicted molar refractivity (Wildman–Crippen MR) is 110 cm³/mol. The van der Waals surface area contributed by atoms with Crippen molar-refractivity contribution in [2.24, 2.45) is 5.41 Å². The molecule has 0 radical (unpaired) electrons. The Morgan fingerprint density at radius 2 is 1.86 bits per heavy atom. The van der Waals surface area contributed by atoms with Crippen LogP contribution in [-0.2, 0) is 10.2 Å². The first-order valence-electron chi connectivity index (χ1n) is 11.0. The standard InChI is InChI=1S/C24H32FNO3/c1-2-18(15-25)17-29-21-5-3-19(4-6-21)23-8-11-24(12-9-23,13-10-23)22(28)26-14-7-20(26)16-27/h3-6,15,20,27H,2,7-14,16-17H2,1H3/b18-15+/t20-,23?,24?/m1/s1. The molecule has 3 aliphatic carbocycles. The fourth-order valence-electron chi connectivity index (χ4n) is 5.43. The van der Waals surface area contributed by atoms with Gasteiger partial charge in [0.15, 0.2) is 0 Å². The van der Waals surface area contributed by atoms with Crippen LogP contribution in [0, 0.1) is 5.41 Å². The van der Waals surface area contributed by atoms with Crippen LogP contribution < -0.4 is 4.74 Å². The molecule has 4 nitrogen and oxygen atoms in total. The predicted octanol–water partition coefficient (Wildman–Crippen LogP) is 4.51. The molecular weight excluding hydrogens is 369 g/mol. The molecule has 0 aromatic heterocycles. The summed E-state index contributed by atoms with van der Waals surface area (Å²) in [6.07, 6.45) is 8.17. The fraction of sp³-hybridized carbons (Fsp3) is 0.625. The van der Waals surface area contributed by atoms with E-state index in [9.17, 15) is 14.3 Å². The average Bonchev–Trinajstić information content (AvgIpc) is 2.76. The first-order chi connectivity index (χ1) is 14.1. The molecule has 5 rings (SSSR count). The molecule has 1 heterocycles. The number of aliphatic hydroxyl groups excluding tert-OH is 1. The number of ether oxygens (including phenoxy) is 1. The summed E-state index contributed by atoms with van der Waals surface area (Å²) in [7, 11) is 0. The maximum Gasteiger partial charge on any atom is 0.229 e. The van der Waals surface area contributed by atoms with E-state index in [1.165, 1.54) is 5.56 Å². The number of amides is 1. The van der Waals surface area contributed by atoms with Gasteiger partial charge in [-0.05, 0) is 80.1 Å². The van der Waals surface area contributed by atoms with E-state index in [1.54, 1.807) is 0 Å². The third-order valence-electron chi connectivity index (χ3n) is 7.81. The number of carbonyl (C=O) groups is 1. The Morgan fingerprint density at radius 3 is 2.34 bits per heavy atom. The molecule has 4 aliphatic rings. The normalized spacial score (nSPS) is 31.5. The Labute approximate surface area is 172 Å². The van der Waals surface area contributed by atoms with Crippen molar-refractivity contribution in [3.63, 3.8) is 0 Å². The van der Waals surface area contributed by atoms with Crippen molar-refractivity contribution in [1.82, 2.24) is 4.90 Å². The van der Waals surface area contributed by atoms with Crippen molar-refractivity contribution >= 4 is 5.91 Å². The van der Waals surface area contributed by atoms with Crippen molar-refractivity contribution in [2.45, 2.75) is 69.7 Å². The molecule has 0 spiro atoms. The molecule has 1 amide bonds. The van der Waals surface area contributed by atoms with E-state index in [0.29, 0.717) is 18.3 Å². The molecule has 1 saturated heterocycles. The lowest BCUT2D eigenvalue weighted by molar-refractivity contribution is -0.159. The van der Waals surface area contributed by atoms with Gasteiger partial charge in [-0.1, -0.05) is 19.1 Å². The maximum atomic E-state index is 13.2. The van der Waals surface area contributed by atoms with Gasteiger partial charge in [-0.2, -0.15) is 0 Å². The number of hydrogen-bond donors (Lipinski definition) is 1. The molecule has 1 aliphatic heterocycles. The number of fused-ring (bicyclic) bond motifs is 3. The molecule has 1 atom stereocenters. The molecule has 4 fully saturated rings. The Balaban J connectivity index is 1.40. The van der Waals surface area contributed by atoms with Crippen LogP contribution in [0.4, 0.5) is 4.39 Å². The number of hydrogen-bond acceptors (Lipinski definition) is 3. The summed E-state index contributed by atoms with van der Waals surface area (Å²) < 4.78 is 18.4. The van der Waals surface area contributed by atoms with Crippen LogP contribution in [0.3, 0.4) is 0 Å². The molecule has 5 heteroatoms. The van der Waals surface area contributed by atoms with Gasteiger partial charge in [0.25, 0.3) is 0 Å². The zero-order valence-electron chi connectivity index (χ0n) is 17.3. The number of aliphatic hydroxyl groups is 1.